The molecule has 0 amide bonds. The Morgan fingerprint density at radius 3 is 2.94 bits per heavy atom. The molecule has 0 aromatic carbocycles. The molecule has 2 heterocycles. The first-order valence-corrected chi connectivity index (χ1v) is 5.42. The molecule has 0 bridgehead atoms. The molecule has 16 heavy (non-hydrogen) atoms. The molecule has 2 N–H and O–H groups in total. The van der Waals surface area contributed by atoms with Crippen LogP contribution in [0.1, 0.15) is 18.5 Å². The van der Waals surface area contributed by atoms with Crippen molar-refractivity contribution < 1.29 is 0 Å². The van der Waals surface area contributed by atoms with Crippen molar-refractivity contribution in [2.24, 2.45) is 0 Å². The number of nitrogens with zero attached hydrogens (tertiary/aromatic N) is 1. The fraction of sp³-hybridized carbons (Fsp3) is 0.200. The molecular weight excluding hydrogens is 249 g/mol. The van der Waals surface area contributed by atoms with Crippen molar-refractivity contribution in [3.05, 3.63) is 39.3 Å². The van der Waals surface area contributed by atoms with Gasteiger partial charge in [-0.1, -0.05) is 11.6 Å². The van der Waals surface area contributed by atoms with E-state index in [0.717, 1.165) is 5.39 Å². The number of hydrogen-bond donors (Lipinski definition) is 2. The van der Waals surface area contributed by atoms with Crippen molar-refractivity contribution in [3.8, 4) is 0 Å². The summed E-state index contributed by atoms with van der Waals surface area (Å²) in [6, 6.07) is 3.23. The highest BCUT2D eigenvalue weighted by molar-refractivity contribution is 6.31. The van der Waals surface area contributed by atoms with E-state index in [2.05, 4.69) is 14.8 Å². The van der Waals surface area contributed by atoms with Crippen LogP contribution in [-0.4, -0.2) is 9.97 Å². The molecule has 0 radical (unpaired) electrons. The van der Waals surface area contributed by atoms with Crippen LogP contribution in [0.15, 0.2) is 23.1 Å². The maximum atomic E-state index is 11.7. The van der Waals surface area contributed by atoms with Crippen LogP contribution in [0.4, 0.5) is 0 Å². The molecule has 4 nitrogen and oxygen atoms in total. The maximum absolute atomic E-state index is 11.7. The van der Waals surface area contributed by atoms with Gasteiger partial charge in [-0.25, -0.2) is 9.82 Å². The minimum atomic E-state index is -0.242. The van der Waals surface area contributed by atoms with E-state index in [9.17, 15) is 4.79 Å². The van der Waals surface area contributed by atoms with E-state index in [1.54, 1.807) is 19.1 Å². The molecule has 6 heteroatoms. The summed E-state index contributed by atoms with van der Waals surface area (Å²) < 4.78 is 0. The summed E-state index contributed by atoms with van der Waals surface area (Å²) in [4.78, 5) is 20.9. The van der Waals surface area contributed by atoms with Crippen LogP contribution in [-0.2, 0) is 0 Å². The van der Waals surface area contributed by atoms with E-state index >= 15 is 0 Å². The zero-order valence-electron chi connectivity index (χ0n) is 8.42. The third-order valence-corrected chi connectivity index (χ3v) is 2.85. The summed E-state index contributed by atoms with van der Waals surface area (Å²) in [5.74, 6) is 0. The highest BCUT2D eigenvalue weighted by Crippen LogP contribution is 2.17. The molecule has 84 valence electrons. The molecule has 0 spiro atoms. The van der Waals surface area contributed by atoms with Gasteiger partial charge in [0.25, 0.3) is 5.56 Å². The zero-order valence-corrected chi connectivity index (χ0v) is 9.93. The SMILES string of the molecule is C[C@H](NCl)c1cc2cc(Cl)cnc2[nH]c1=O. The lowest BCUT2D eigenvalue weighted by atomic mass is 10.1. The highest BCUT2D eigenvalue weighted by Gasteiger charge is 2.10. The molecule has 2 rings (SSSR count). The van der Waals surface area contributed by atoms with Crippen LogP contribution in [0, 0.1) is 0 Å². The van der Waals surface area contributed by atoms with Crippen LogP contribution in [0.5, 0.6) is 0 Å². The largest absolute Gasteiger partial charge is 0.306 e. The minimum absolute atomic E-state index is 0.206. The topological polar surface area (TPSA) is 57.8 Å². The Morgan fingerprint density at radius 2 is 2.25 bits per heavy atom. The van der Waals surface area contributed by atoms with Gasteiger partial charge in [0, 0.05) is 23.2 Å². The number of rotatable bonds is 2. The average molecular weight is 258 g/mol. The van der Waals surface area contributed by atoms with Gasteiger partial charge in [-0.05, 0) is 30.8 Å². The predicted molar refractivity (Wildman–Crippen MR) is 64.8 cm³/mol. The van der Waals surface area contributed by atoms with E-state index in [1.165, 1.54) is 6.20 Å². The Balaban J connectivity index is 2.69. The number of aromatic amines is 1. The molecule has 2 aromatic heterocycles. The lowest BCUT2D eigenvalue weighted by Crippen LogP contribution is -2.20. The van der Waals surface area contributed by atoms with Gasteiger partial charge in [-0.15, -0.1) is 0 Å². The Kier molecular flexibility index (Phi) is 3.14. The molecule has 0 aliphatic rings. The van der Waals surface area contributed by atoms with Gasteiger partial charge in [0.05, 0.1) is 5.02 Å². The second kappa shape index (κ2) is 4.41. The van der Waals surface area contributed by atoms with E-state index in [1.807, 2.05) is 0 Å². The Morgan fingerprint density at radius 1 is 1.50 bits per heavy atom. The average Bonchev–Trinajstić information content (AvgIpc) is 2.28. The molecule has 0 aliphatic carbocycles. The minimum Gasteiger partial charge on any atom is -0.306 e. The summed E-state index contributed by atoms with van der Waals surface area (Å²) in [5.41, 5.74) is 0.856. The standard InChI is InChI=1S/C10H9Cl2N3O/c1-5(15-12)8-3-6-2-7(11)4-13-9(6)14-10(8)16/h2-5,15H,1H3,(H,13,14,16)/t5-/m0/s1. The van der Waals surface area contributed by atoms with Crippen LogP contribution in [0.3, 0.4) is 0 Å². The number of pyridine rings is 2. The Hall–Kier alpha value is -1.10. The van der Waals surface area contributed by atoms with E-state index < -0.39 is 0 Å². The van der Waals surface area contributed by atoms with Crippen LogP contribution in [0.2, 0.25) is 5.02 Å². The lowest BCUT2D eigenvalue weighted by molar-refractivity contribution is 0.734. The summed E-state index contributed by atoms with van der Waals surface area (Å²) in [7, 11) is 0. The van der Waals surface area contributed by atoms with Gasteiger partial charge < -0.3 is 4.98 Å². The van der Waals surface area contributed by atoms with E-state index in [0.29, 0.717) is 16.2 Å². The van der Waals surface area contributed by atoms with Gasteiger partial charge in [0.15, 0.2) is 0 Å². The highest BCUT2D eigenvalue weighted by atomic mass is 35.5. The van der Waals surface area contributed by atoms with Gasteiger partial charge in [-0.2, -0.15) is 0 Å². The van der Waals surface area contributed by atoms with Crippen molar-refractivity contribution in [3.63, 3.8) is 0 Å². The molecule has 1 atom stereocenters. The van der Waals surface area contributed by atoms with Crippen molar-refractivity contribution in [1.29, 1.82) is 0 Å². The number of nitrogens with one attached hydrogen (secondary N) is 2. The molecule has 0 aliphatic heterocycles. The summed E-state index contributed by atoms with van der Waals surface area (Å²) >= 11 is 11.3. The van der Waals surface area contributed by atoms with Crippen molar-refractivity contribution in [1.82, 2.24) is 14.8 Å². The van der Waals surface area contributed by atoms with Gasteiger partial charge in [0.1, 0.15) is 5.65 Å². The van der Waals surface area contributed by atoms with Crippen molar-refractivity contribution >= 4 is 34.4 Å². The maximum Gasteiger partial charge on any atom is 0.254 e. The molecular formula is C10H9Cl2N3O. The number of halogens is 2. The third-order valence-electron chi connectivity index (χ3n) is 2.32. The van der Waals surface area contributed by atoms with Gasteiger partial charge >= 0.3 is 0 Å². The molecule has 2 aromatic rings. The van der Waals surface area contributed by atoms with Crippen LogP contribution >= 0.6 is 23.4 Å². The summed E-state index contributed by atoms with van der Waals surface area (Å²) in [6.45, 7) is 1.79. The van der Waals surface area contributed by atoms with E-state index in [4.69, 9.17) is 23.4 Å². The molecule has 0 saturated carbocycles. The first kappa shape index (κ1) is 11.4. The van der Waals surface area contributed by atoms with Crippen molar-refractivity contribution in [2.75, 3.05) is 0 Å². The molecule has 0 saturated heterocycles. The predicted octanol–water partition coefficient (Wildman–Crippen LogP) is 2.38. The van der Waals surface area contributed by atoms with Gasteiger partial charge in [-0.3, -0.25) is 4.79 Å². The fourth-order valence-corrected chi connectivity index (χ4v) is 1.75. The Bertz CT molecular complexity index is 582. The lowest BCUT2D eigenvalue weighted by Gasteiger charge is -2.08. The molecule has 0 fully saturated rings. The summed E-state index contributed by atoms with van der Waals surface area (Å²) in [5, 5.41) is 1.30. The first-order chi connectivity index (χ1) is 7.61. The second-order valence-electron chi connectivity index (χ2n) is 3.48. The van der Waals surface area contributed by atoms with Crippen LogP contribution in [0.25, 0.3) is 11.0 Å². The molecule has 0 unspecified atom stereocenters. The monoisotopic (exact) mass is 257 g/mol. The van der Waals surface area contributed by atoms with E-state index in [-0.39, 0.29) is 11.6 Å². The Labute approximate surface area is 102 Å². The normalized spacial score (nSPS) is 12.9. The fourth-order valence-electron chi connectivity index (χ4n) is 1.46. The number of aromatic nitrogens is 2. The number of fused-ring (bicyclic) bond motifs is 1. The van der Waals surface area contributed by atoms with Crippen molar-refractivity contribution in [2.45, 2.75) is 13.0 Å². The van der Waals surface area contributed by atoms with Crippen LogP contribution < -0.4 is 10.4 Å². The number of hydrogen-bond acceptors (Lipinski definition) is 3. The second-order valence-corrected chi connectivity index (χ2v) is 4.13. The number of H-pyrrole nitrogens is 1. The third kappa shape index (κ3) is 2.04. The van der Waals surface area contributed by atoms with Gasteiger partial charge in [0.2, 0.25) is 0 Å². The first-order valence-electron chi connectivity index (χ1n) is 4.66. The zero-order chi connectivity index (χ0) is 11.7. The summed E-state index contributed by atoms with van der Waals surface area (Å²) in [6.07, 6.45) is 1.49. The smallest absolute Gasteiger partial charge is 0.254 e. The quantitative estimate of drug-likeness (QED) is 0.813.